The molecule has 1 aliphatic rings. The van der Waals surface area contributed by atoms with Gasteiger partial charge >= 0.3 is 0 Å². The van der Waals surface area contributed by atoms with Crippen LogP contribution in [-0.2, 0) is 10.4 Å². The second kappa shape index (κ2) is 6.91. The molecule has 0 bridgehead atoms. The van der Waals surface area contributed by atoms with Crippen molar-refractivity contribution >= 4 is 17.3 Å². The number of benzene rings is 3. The van der Waals surface area contributed by atoms with E-state index in [0.29, 0.717) is 11.4 Å². The van der Waals surface area contributed by atoms with E-state index < -0.39 is 5.60 Å². The highest BCUT2D eigenvalue weighted by Crippen LogP contribution is 2.49. The average Bonchev–Trinajstić information content (AvgIpc) is 3.04. The maximum atomic E-state index is 14.1. The Morgan fingerprint density at radius 2 is 1.38 bits per heavy atom. The second-order valence-corrected chi connectivity index (χ2v) is 6.80. The van der Waals surface area contributed by atoms with Crippen LogP contribution in [0.4, 0.5) is 11.4 Å². The highest BCUT2D eigenvalue weighted by Gasteiger charge is 2.56. The van der Waals surface area contributed by atoms with Gasteiger partial charge in [0.2, 0.25) is 0 Å². The Balaban J connectivity index is 1.77. The van der Waals surface area contributed by atoms with E-state index in [0.717, 1.165) is 16.9 Å². The van der Waals surface area contributed by atoms with Crippen molar-refractivity contribution in [2.75, 3.05) is 4.90 Å². The molecule has 0 unspecified atom stereocenters. The van der Waals surface area contributed by atoms with Crippen molar-refractivity contribution in [2.24, 2.45) is 0 Å². The minimum Gasteiger partial charge on any atom is -0.466 e. The minimum atomic E-state index is -1.37. The molecule has 0 spiro atoms. The Hall–Kier alpha value is -3.92. The Morgan fingerprint density at radius 1 is 0.724 bits per heavy atom. The van der Waals surface area contributed by atoms with Crippen molar-refractivity contribution in [1.82, 2.24) is 4.98 Å². The number of hydrogen-bond acceptors (Lipinski definition) is 3. The van der Waals surface area contributed by atoms with Crippen LogP contribution in [0.2, 0.25) is 0 Å². The Labute approximate surface area is 169 Å². The first-order chi connectivity index (χ1) is 14.3. The van der Waals surface area contributed by atoms with Gasteiger partial charge in [-0.3, -0.25) is 14.7 Å². The molecule has 1 atom stereocenters. The van der Waals surface area contributed by atoms with Crippen LogP contribution in [0, 0.1) is 0 Å². The molecule has 0 radical (unpaired) electrons. The third-order valence-corrected chi connectivity index (χ3v) is 5.08. The Kier molecular flexibility index (Phi) is 4.10. The van der Waals surface area contributed by atoms with Gasteiger partial charge in [0, 0.05) is 17.4 Å². The first-order valence-electron chi connectivity index (χ1n) is 9.45. The van der Waals surface area contributed by atoms with Crippen LogP contribution in [0.5, 0.6) is 5.75 Å². The van der Waals surface area contributed by atoms with Crippen LogP contribution in [0.25, 0.3) is 0 Å². The predicted molar refractivity (Wildman–Crippen MR) is 112 cm³/mol. The molecule has 4 nitrogen and oxygen atoms in total. The Bertz CT molecular complexity index is 1150. The molecule has 0 N–H and O–H groups in total. The molecular formula is C25H18N2O2. The lowest BCUT2D eigenvalue weighted by atomic mass is 9.90. The number of amides is 1. The first kappa shape index (κ1) is 17.2. The predicted octanol–water partition coefficient (Wildman–Crippen LogP) is 5.08. The molecular weight excluding hydrogens is 360 g/mol. The smallest absolute Gasteiger partial charge is 0.287 e. The van der Waals surface area contributed by atoms with Crippen molar-refractivity contribution in [2.45, 2.75) is 5.60 Å². The molecule has 1 aromatic heterocycles. The lowest BCUT2D eigenvalue weighted by molar-refractivity contribution is -0.129. The van der Waals surface area contributed by atoms with Crippen molar-refractivity contribution in [3.63, 3.8) is 0 Å². The number of fused-ring (bicyclic) bond motifs is 1. The summed E-state index contributed by atoms with van der Waals surface area (Å²) in [7, 11) is 0. The fourth-order valence-electron chi connectivity index (χ4n) is 3.82. The summed E-state index contributed by atoms with van der Waals surface area (Å²) in [6.07, 6.45) is 1.69. The number of aromatic nitrogens is 1. The average molecular weight is 378 g/mol. The van der Waals surface area contributed by atoms with Gasteiger partial charge in [-0.05, 0) is 42.5 Å². The number of anilines is 2. The van der Waals surface area contributed by atoms with Crippen molar-refractivity contribution in [1.29, 1.82) is 0 Å². The summed E-state index contributed by atoms with van der Waals surface area (Å²) < 4.78 is 6.49. The summed E-state index contributed by atoms with van der Waals surface area (Å²) in [4.78, 5) is 20.3. The molecule has 0 saturated heterocycles. The lowest BCUT2D eigenvalue weighted by Crippen LogP contribution is -2.44. The van der Waals surface area contributed by atoms with Gasteiger partial charge in [0.05, 0.1) is 11.4 Å². The number of para-hydroxylation sites is 3. The second-order valence-electron chi connectivity index (χ2n) is 6.80. The highest BCUT2D eigenvalue weighted by atomic mass is 16.5. The highest BCUT2D eigenvalue weighted by molar-refractivity contribution is 6.13. The molecule has 5 rings (SSSR count). The van der Waals surface area contributed by atoms with Crippen LogP contribution < -0.4 is 9.64 Å². The quantitative estimate of drug-likeness (QED) is 0.497. The molecule has 140 valence electrons. The number of rotatable bonds is 4. The summed E-state index contributed by atoms with van der Waals surface area (Å²) in [5.74, 6) is 0.420. The summed E-state index contributed by atoms with van der Waals surface area (Å²) in [5, 5.41) is 0. The number of nitrogens with zero attached hydrogens (tertiary/aromatic N) is 2. The van der Waals surface area contributed by atoms with E-state index in [1.165, 1.54) is 0 Å². The molecule has 2 heterocycles. The fraction of sp³-hybridized carbons (Fsp3) is 0.0400. The van der Waals surface area contributed by atoms with Crippen LogP contribution >= 0.6 is 0 Å². The van der Waals surface area contributed by atoms with Gasteiger partial charge in [0.25, 0.3) is 11.5 Å². The maximum absolute atomic E-state index is 14.1. The molecule has 29 heavy (non-hydrogen) atoms. The summed E-state index contributed by atoms with van der Waals surface area (Å²) in [5.41, 5.74) is 1.55. The van der Waals surface area contributed by atoms with Gasteiger partial charge in [-0.2, -0.15) is 0 Å². The van der Waals surface area contributed by atoms with E-state index in [4.69, 9.17) is 4.74 Å². The molecule has 0 saturated carbocycles. The number of pyridine rings is 1. The lowest BCUT2D eigenvalue weighted by Gasteiger charge is -2.29. The number of ether oxygens (including phenoxy) is 1. The van der Waals surface area contributed by atoms with Gasteiger partial charge in [-0.25, -0.2) is 0 Å². The van der Waals surface area contributed by atoms with Gasteiger partial charge < -0.3 is 4.74 Å². The van der Waals surface area contributed by atoms with Crippen molar-refractivity contribution in [3.05, 3.63) is 121 Å². The van der Waals surface area contributed by atoms with Crippen LogP contribution in [-0.4, -0.2) is 10.9 Å². The largest absolute Gasteiger partial charge is 0.466 e. The standard InChI is InChI=1S/C25H18N2O2/c28-24-25(23-17-9-10-18-26-23,29-20-13-5-2-6-14-20)21-15-7-8-16-22(21)27(24)19-11-3-1-4-12-19/h1-18H/t25-/m1/s1. The number of carbonyl (C=O) groups is 1. The van der Waals surface area contributed by atoms with E-state index >= 15 is 0 Å². The summed E-state index contributed by atoms with van der Waals surface area (Å²) in [6.45, 7) is 0. The monoisotopic (exact) mass is 378 g/mol. The van der Waals surface area contributed by atoms with Crippen LogP contribution in [0.15, 0.2) is 109 Å². The zero-order valence-electron chi connectivity index (χ0n) is 15.6. The van der Waals surface area contributed by atoms with Crippen LogP contribution in [0.3, 0.4) is 0 Å². The zero-order chi connectivity index (χ0) is 19.7. The van der Waals surface area contributed by atoms with Gasteiger partial charge in [0.1, 0.15) is 5.75 Å². The van der Waals surface area contributed by atoms with Crippen LogP contribution in [0.1, 0.15) is 11.3 Å². The topological polar surface area (TPSA) is 42.4 Å². The Morgan fingerprint density at radius 3 is 2.10 bits per heavy atom. The third kappa shape index (κ3) is 2.69. The minimum absolute atomic E-state index is 0.188. The third-order valence-electron chi connectivity index (χ3n) is 5.08. The molecule has 0 aliphatic carbocycles. The van der Waals surface area contributed by atoms with E-state index in [2.05, 4.69) is 4.98 Å². The maximum Gasteiger partial charge on any atom is 0.287 e. The van der Waals surface area contributed by atoms with Gasteiger partial charge in [-0.1, -0.05) is 60.7 Å². The molecule has 0 fully saturated rings. The summed E-state index contributed by atoms with van der Waals surface area (Å²) >= 11 is 0. The number of hydrogen-bond donors (Lipinski definition) is 0. The fourth-order valence-corrected chi connectivity index (χ4v) is 3.82. The molecule has 1 aliphatic heterocycles. The first-order valence-corrected chi connectivity index (χ1v) is 9.45. The van der Waals surface area contributed by atoms with E-state index in [9.17, 15) is 4.79 Å². The normalized spacial score (nSPS) is 17.8. The zero-order valence-corrected chi connectivity index (χ0v) is 15.6. The van der Waals surface area contributed by atoms with Gasteiger partial charge in [0.15, 0.2) is 0 Å². The van der Waals surface area contributed by atoms with E-state index in [-0.39, 0.29) is 5.91 Å². The van der Waals surface area contributed by atoms with Crippen molar-refractivity contribution in [3.8, 4) is 5.75 Å². The molecule has 1 amide bonds. The van der Waals surface area contributed by atoms with E-state index in [1.54, 1.807) is 11.1 Å². The van der Waals surface area contributed by atoms with Gasteiger partial charge in [-0.15, -0.1) is 0 Å². The summed E-state index contributed by atoms with van der Waals surface area (Å²) in [6, 6.07) is 32.3. The van der Waals surface area contributed by atoms with E-state index in [1.807, 2.05) is 103 Å². The molecule has 4 heteroatoms. The molecule has 3 aromatic carbocycles. The number of carbonyl (C=O) groups excluding carboxylic acids is 1. The molecule has 4 aromatic rings. The van der Waals surface area contributed by atoms with Crippen molar-refractivity contribution < 1.29 is 9.53 Å². The SMILES string of the molecule is O=C1N(c2ccccc2)c2ccccc2[C@@]1(Oc1ccccc1)c1ccccn1.